The Balaban J connectivity index is 2.04. The number of nitrogens with one attached hydrogen (secondary N) is 1. The third-order valence-electron chi connectivity index (χ3n) is 3.80. The van der Waals surface area contributed by atoms with E-state index >= 15 is 0 Å². The molecule has 0 spiro atoms. The highest BCUT2D eigenvalue weighted by Gasteiger charge is 2.24. The maximum atomic E-state index is 11.7. The zero-order valence-corrected chi connectivity index (χ0v) is 11.1. The first-order valence-electron chi connectivity index (χ1n) is 7.06. The molecule has 1 aliphatic carbocycles. The minimum absolute atomic E-state index is 0.140. The number of aromatic nitrogens is 2. The van der Waals surface area contributed by atoms with Gasteiger partial charge in [-0.3, -0.25) is 4.57 Å². The summed E-state index contributed by atoms with van der Waals surface area (Å²) in [7, 11) is 0. The number of nitrogens with zero attached hydrogens (tertiary/aromatic N) is 2. The fourth-order valence-corrected chi connectivity index (χ4v) is 2.81. The van der Waals surface area contributed by atoms with E-state index in [1.54, 1.807) is 10.8 Å². The van der Waals surface area contributed by atoms with Gasteiger partial charge in [-0.25, -0.2) is 9.78 Å². The van der Waals surface area contributed by atoms with Crippen molar-refractivity contribution in [1.82, 2.24) is 14.9 Å². The molecule has 1 fully saturated rings. The van der Waals surface area contributed by atoms with Crippen LogP contribution < -0.4 is 11.0 Å². The summed E-state index contributed by atoms with van der Waals surface area (Å²) in [4.78, 5) is 15.5. The van der Waals surface area contributed by atoms with Crippen LogP contribution >= 0.6 is 0 Å². The molecule has 0 bridgehead atoms. The lowest BCUT2D eigenvalue weighted by atomic mass is 9.98. The maximum absolute atomic E-state index is 11.7. The first kappa shape index (κ1) is 13.3. The molecule has 0 saturated heterocycles. The fourth-order valence-electron chi connectivity index (χ4n) is 2.81. The van der Waals surface area contributed by atoms with Gasteiger partial charge in [-0.1, -0.05) is 19.8 Å². The van der Waals surface area contributed by atoms with Gasteiger partial charge in [0.1, 0.15) is 0 Å². The van der Waals surface area contributed by atoms with Gasteiger partial charge in [0.2, 0.25) is 0 Å². The van der Waals surface area contributed by atoms with Crippen molar-refractivity contribution in [3.05, 3.63) is 28.9 Å². The molecular formula is C14H23N3O. The van der Waals surface area contributed by atoms with Crippen molar-refractivity contribution in [3.63, 3.8) is 0 Å². The molecule has 4 nitrogen and oxygen atoms in total. The van der Waals surface area contributed by atoms with Gasteiger partial charge in [0.05, 0.1) is 0 Å². The van der Waals surface area contributed by atoms with Crippen LogP contribution in [0.15, 0.2) is 23.3 Å². The Hall–Kier alpha value is -1.16. The molecule has 4 heteroatoms. The molecule has 1 N–H and O–H groups in total. The van der Waals surface area contributed by atoms with Gasteiger partial charge in [0.15, 0.2) is 0 Å². The van der Waals surface area contributed by atoms with Crippen LogP contribution in [0.3, 0.4) is 0 Å². The van der Waals surface area contributed by atoms with Crippen LogP contribution in [0.25, 0.3) is 0 Å². The molecule has 1 heterocycles. The molecule has 0 radical (unpaired) electrons. The van der Waals surface area contributed by atoms with E-state index in [9.17, 15) is 4.79 Å². The molecule has 1 saturated carbocycles. The van der Waals surface area contributed by atoms with Crippen molar-refractivity contribution in [1.29, 1.82) is 0 Å². The van der Waals surface area contributed by atoms with Crippen molar-refractivity contribution < 1.29 is 0 Å². The first-order valence-corrected chi connectivity index (χ1v) is 7.06. The average Bonchev–Trinajstić information content (AvgIpc) is 2.90. The Labute approximate surface area is 108 Å². The highest BCUT2D eigenvalue weighted by atomic mass is 16.1. The van der Waals surface area contributed by atoms with Crippen molar-refractivity contribution in [2.45, 2.75) is 51.6 Å². The predicted octanol–water partition coefficient (Wildman–Crippen LogP) is 1.80. The summed E-state index contributed by atoms with van der Waals surface area (Å²) in [6.45, 7) is 3.95. The van der Waals surface area contributed by atoms with E-state index in [4.69, 9.17) is 0 Å². The van der Waals surface area contributed by atoms with Gasteiger partial charge < -0.3 is 5.32 Å². The number of hydrogen-bond donors (Lipinski definition) is 1. The van der Waals surface area contributed by atoms with Gasteiger partial charge in [-0.2, -0.15) is 0 Å². The first-order chi connectivity index (χ1) is 8.81. The second-order valence-electron chi connectivity index (χ2n) is 5.16. The third kappa shape index (κ3) is 3.42. The lowest BCUT2D eigenvalue weighted by molar-refractivity contribution is 0.318. The standard InChI is InChI=1S/C14H23N3O/c1-2-8-15-13(12-6-3-4-7-12)11-17-10-5-9-16-14(17)18/h5,9-10,12-13,15H,2-4,6-8,11H2,1H3. The van der Waals surface area contributed by atoms with Crippen LogP contribution in [-0.2, 0) is 6.54 Å². The molecule has 2 rings (SSSR count). The SMILES string of the molecule is CCCNC(Cn1cccnc1=O)C1CCCC1. The summed E-state index contributed by atoms with van der Waals surface area (Å²) in [6, 6.07) is 2.24. The zero-order valence-electron chi connectivity index (χ0n) is 11.1. The van der Waals surface area contributed by atoms with Crippen LogP contribution in [0.2, 0.25) is 0 Å². The third-order valence-corrected chi connectivity index (χ3v) is 3.80. The van der Waals surface area contributed by atoms with E-state index < -0.39 is 0 Å². The second kappa shape index (κ2) is 6.69. The lowest BCUT2D eigenvalue weighted by Crippen LogP contribution is -2.41. The minimum Gasteiger partial charge on any atom is -0.312 e. The zero-order chi connectivity index (χ0) is 12.8. The summed E-state index contributed by atoms with van der Waals surface area (Å²) in [6.07, 6.45) is 9.76. The summed E-state index contributed by atoms with van der Waals surface area (Å²) < 4.78 is 1.73. The summed E-state index contributed by atoms with van der Waals surface area (Å²) in [5, 5.41) is 3.60. The summed E-state index contributed by atoms with van der Waals surface area (Å²) in [5.41, 5.74) is -0.140. The number of hydrogen-bond acceptors (Lipinski definition) is 3. The smallest absolute Gasteiger partial charge is 0.312 e. The molecule has 1 aromatic heterocycles. The maximum Gasteiger partial charge on any atom is 0.347 e. The molecule has 1 aliphatic rings. The molecule has 100 valence electrons. The molecule has 0 aliphatic heterocycles. The highest BCUT2D eigenvalue weighted by molar-refractivity contribution is 4.86. The van der Waals surface area contributed by atoms with E-state index in [2.05, 4.69) is 17.2 Å². The second-order valence-corrected chi connectivity index (χ2v) is 5.16. The fraction of sp³-hybridized carbons (Fsp3) is 0.714. The topological polar surface area (TPSA) is 46.9 Å². The molecule has 0 amide bonds. The summed E-state index contributed by atoms with van der Waals surface area (Å²) in [5.74, 6) is 0.712. The Kier molecular flexibility index (Phi) is 4.93. The van der Waals surface area contributed by atoms with Crippen molar-refractivity contribution in [2.24, 2.45) is 5.92 Å². The van der Waals surface area contributed by atoms with Crippen molar-refractivity contribution in [2.75, 3.05) is 6.54 Å². The van der Waals surface area contributed by atoms with Gasteiger partial charge in [-0.15, -0.1) is 0 Å². The van der Waals surface area contributed by atoms with Crippen molar-refractivity contribution in [3.8, 4) is 0 Å². The van der Waals surface area contributed by atoms with Gasteiger partial charge in [0, 0.05) is 25.0 Å². The van der Waals surface area contributed by atoms with E-state index in [0.717, 1.165) is 19.5 Å². The van der Waals surface area contributed by atoms with E-state index in [1.165, 1.54) is 25.7 Å². The van der Waals surface area contributed by atoms with Crippen molar-refractivity contribution >= 4 is 0 Å². The van der Waals surface area contributed by atoms with Crippen LogP contribution in [0.4, 0.5) is 0 Å². The Morgan fingerprint density at radius 2 is 2.28 bits per heavy atom. The van der Waals surface area contributed by atoms with E-state index in [-0.39, 0.29) is 5.69 Å². The Bertz CT molecular complexity index is 410. The average molecular weight is 249 g/mol. The van der Waals surface area contributed by atoms with Gasteiger partial charge in [0.25, 0.3) is 0 Å². The molecular weight excluding hydrogens is 226 g/mol. The largest absolute Gasteiger partial charge is 0.347 e. The molecule has 1 atom stereocenters. The monoisotopic (exact) mass is 249 g/mol. The van der Waals surface area contributed by atoms with E-state index in [0.29, 0.717) is 12.0 Å². The summed E-state index contributed by atoms with van der Waals surface area (Å²) >= 11 is 0. The van der Waals surface area contributed by atoms with Crippen LogP contribution in [0.1, 0.15) is 39.0 Å². The van der Waals surface area contributed by atoms with Gasteiger partial charge >= 0.3 is 5.69 Å². The van der Waals surface area contributed by atoms with Crippen LogP contribution in [-0.4, -0.2) is 22.1 Å². The van der Waals surface area contributed by atoms with Gasteiger partial charge in [-0.05, 0) is 37.8 Å². The lowest BCUT2D eigenvalue weighted by Gasteiger charge is -2.25. The van der Waals surface area contributed by atoms with Crippen LogP contribution in [0.5, 0.6) is 0 Å². The normalized spacial score (nSPS) is 18.1. The Morgan fingerprint density at radius 1 is 1.50 bits per heavy atom. The molecule has 1 aromatic rings. The quantitative estimate of drug-likeness (QED) is 0.836. The van der Waals surface area contributed by atoms with Crippen LogP contribution in [0, 0.1) is 5.92 Å². The highest BCUT2D eigenvalue weighted by Crippen LogP contribution is 2.28. The predicted molar refractivity (Wildman–Crippen MR) is 72.5 cm³/mol. The molecule has 0 aromatic carbocycles. The Morgan fingerprint density at radius 3 is 2.94 bits per heavy atom. The molecule has 18 heavy (non-hydrogen) atoms. The number of rotatable bonds is 6. The molecule has 1 unspecified atom stereocenters. The minimum atomic E-state index is -0.140. The van der Waals surface area contributed by atoms with E-state index in [1.807, 2.05) is 12.3 Å².